The van der Waals surface area contributed by atoms with Gasteiger partial charge in [0.1, 0.15) is 0 Å². The Bertz CT molecular complexity index is 339. The van der Waals surface area contributed by atoms with Crippen LogP contribution in [0.25, 0.3) is 0 Å². The van der Waals surface area contributed by atoms with Crippen LogP contribution in [0.3, 0.4) is 0 Å². The molecule has 114 valence electrons. The van der Waals surface area contributed by atoms with Gasteiger partial charge in [-0.3, -0.25) is 9.69 Å². The zero-order valence-electron chi connectivity index (χ0n) is 12.6. The summed E-state index contributed by atoms with van der Waals surface area (Å²) in [5.41, 5.74) is 0. The fourth-order valence-corrected chi connectivity index (χ4v) is 4.27. The molecule has 1 N–H and O–H groups in total. The first kappa shape index (κ1) is 14.3. The van der Waals surface area contributed by atoms with Crippen molar-refractivity contribution in [1.82, 2.24) is 10.2 Å². The van der Waals surface area contributed by atoms with Crippen molar-refractivity contribution in [2.75, 3.05) is 13.3 Å². The van der Waals surface area contributed by atoms with Crippen LogP contribution in [0.1, 0.15) is 58.3 Å². The van der Waals surface area contributed by atoms with Gasteiger partial charge in [-0.1, -0.05) is 12.8 Å². The van der Waals surface area contributed by atoms with Crippen LogP contribution in [0, 0.1) is 5.92 Å². The molecule has 4 heteroatoms. The van der Waals surface area contributed by atoms with Crippen molar-refractivity contribution < 1.29 is 9.53 Å². The molecule has 1 amide bonds. The zero-order chi connectivity index (χ0) is 13.9. The number of carbonyl (C=O) groups excluding carboxylic acids is 1. The smallest absolute Gasteiger partial charge is 0.217 e. The third-order valence-electron chi connectivity index (χ3n) is 5.38. The predicted molar refractivity (Wildman–Crippen MR) is 78.3 cm³/mol. The summed E-state index contributed by atoms with van der Waals surface area (Å²) in [6, 6.07) is 1.07. The molecule has 1 aliphatic heterocycles. The zero-order valence-corrected chi connectivity index (χ0v) is 12.6. The van der Waals surface area contributed by atoms with Crippen LogP contribution < -0.4 is 5.32 Å². The number of fused-ring (bicyclic) bond motifs is 1. The second-order valence-electron chi connectivity index (χ2n) is 6.86. The van der Waals surface area contributed by atoms with E-state index in [4.69, 9.17) is 4.74 Å². The number of ether oxygens (including phenoxy) is 1. The van der Waals surface area contributed by atoms with Gasteiger partial charge in [-0.2, -0.15) is 0 Å². The Morgan fingerprint density at radius 3 is 2.60 bits per heavy atom. The Balaban J connectivity index is 1.47. The number of nitrogens with zero attached hydrogens (tertiary/aromatic N) is 1. The Hall–Kier alpha value is -0.610. The van der Waals surface area contributed by atoms with E-state index in [1.54, 1.807) is 6.92 Å². The molecule has 2 aliphatic carbocycles. The lowest BCUT2D eigenvalue weighted by atomic mass is 9.83. The van der Waals surface area contributed by atoms with Gasteiger partial charge in [0.05, 0.1) is 12.8 Å². The first-order valence-corrected chi connectivity index (χ1v) is 8.35. The standard InChI is InChI=1S/C16H28N2O2/c1-12(19)17-14-6-8-15(9-7-14)18-10-13-4-2-3-5-16(13)20-11-18/h13-16H,2-11H2,1H3,(H,17,19). The fourth-order valence-electron chi connectivity index (χ4n) is 4.27. The largest absolute Gasteiger partial charge is 0.363 e. The number of amides is 1. The van der Waals surface area contributed by atoms with Gasteiger partial charge in [-0.05, 0) is 44.4 Å². The number of carbonyl (C=O) groups is 1. The van der Waals surface area contributed by atoms with Crippen LogP contribution in [0.4, 0.5) is 0 Å². The van der Waals surface area contributed by atoms with E-state index in [0.717, 1.165) is 25.5 Å². The number of hydrogen-bond acceptors (Lipinski definition) is 3. The monoisotopic (exact) mass is 280 g/mol. The van der Waals surface area contributed by atoms with Crippen LogP contribution in [0.5, 0.6) is 0 Å². The van der Waals surface area contributed by atoms with Gasteiger partial charge in [0, 0.05) is 25.6 Å². The molecular formula is C16H28N2O2. The highest BCUT2D eigenvalue weighted by Crippen LogP contribution is 2.33. The maximum absolute atomic E-state index is 11.1. The topological polar surface area (TPSA) is 41.6 Å². The van der Waals surface area contributed by atoms with Crippen molar-refractivity contribution in [3.63, 3.8) is 0 Å². The maximum atomic E-state index is 11.1. The minimum absolute atomic E-state index is 0.111. The molecule has 2 unspecified atom stereocenters. The summed E-state index contributed by atoms with van der Waals surface area (Å²) >= 11 is 0. The van der Waals surface area contributed by atoms with E-state index in [2.05, 4.69) is 10.2 Å². The molecule has 0 aromatic carbocycles. The van der Waals surface area contributed by atoms with Crippen molar-refractivity contribution in [3.8, 4) is 0 Å². The number of nitrogens with one attached hydrogen (secondary N) is 1. The fraction of sp³-hybridized carbons (Fsp3) is 0.938. The molecule has 0 spiro atoms. The quantitative estimate of drug-likeness (QED) is 0.844. The lowest BCUT2D eigenvalue weighted by molar-refractivity contribution is -0.134. The van der Waals surface area contributed by atoms with Gasteiger partial charge >= 0.3 is 0 Å². The van der Waals surface area contributed by atoms with Crippen LogP contribution in [-0.2, 0) is 9.53 Å². The average Bonchev–Trinajstić information content (AvgIpc) is 2.47. The molecule has 2 atom stereocenters. The van der Waals surface area contributed by atoms with Gasteiger partial charge in [-0.15, -0.1) is 0 Å². The van der Waals surface area contributed by atoms with Gasteiger partial charge in [-0.25, -0.2) is 0 Å². The molecule has 0 radical (unpaired) electrons. The first-order chi connectivity index (χ1) is 9.72. The summed E-state index contributed by atoms with van der Waals surface area (Å²) in [4.78, 5) is 13.7. The highest BCUT2D eigenvalue weighted by Gasteiger charge is 2.35. The highest BCUT2D eigenvalue weighted by molar-refractivity contribution is 5.73. The van der Waals surface area contributed by atoms with Gasteiger partial charge < -0.3 is 10.1 Å². The molecule has 1 heterocycles. The first-order valence-electron chi connectivity index (χ1n) is 8.35. The van der Waals surface area contributed by atoms with Crippen molar-refractivity contribution in [2.24, 2.45) is 5.92 Å². The number of rotatable bonds is 2. The van der Waals surface area contributed by atoms with Gasteiger partial charge in [0.25, 0.3) is 0 Å². The van der Waals surface area contributed by atoms with Crippen LogP contribution in [-0.4, -0.2) is 42.3 Å². The Morgan fingerprint density at radius 2 is 1.85 bits per heavy atom. The summed E-state index contributed by atoms with van der Waals surface area (Å²) in [5, 5.41) is 3.06. The Morgan fingerprint density at radius 1 is 1.10 bits per heavy atom. The van der Waals surface area contributed by atoms with E-state index in [0.29, 0.717) is 18.2 Å². The third kappa shape index (κ3) is 3.34. The number of hydrogen-bond donors (Lipinski definition) is 1. The summed E-state index contributed by atoms with van der Waals surface area (Å²) in [6.45, 7) is 3.69. The molecular weight excluding hydrogens is 252 g/mol. The summed E-state index contributed by atoms with van der Waals surface area (Å²) in [6.07, 6.45) is 10.5. The SMILES string of the molecule is CC(=O)NC1CCC(N2COC3CCCCC3C2)CC1. The van der Waals surface area contributed by atoms with Crippen LogP contribution >= 0.6 is 0 Å². The second-order valence-corrected chi connectivity index (χ2v) is 6.86. The highest BCUT2D eigenvalue weighted by atomic mass is 16.5. The normalized spacial score (nSPS) is 39.0. The van der Waals surface area contributed by atoms with Gasteiger partial charge in [0.15, 0.2) is 0 Å². The third-order valence-corrected chi connectivity index (χ3v) is 5.38. The van der Waals surface area contributed by atoms with E-state index >= 15 is 0 Å². The van der Waals surface area contributed by atoms with Crippen molar-refractivity contribution in [2.45, 2.75) is 76.5 Å². The second kappa shape index (κ2) is 6.44. The van der Waals surface area contributed by atoms with Crippen LogP contribution in [0.15, 0.2) is 0 Å². The molecule has 0 aromatic heterocycles. The molecule has 0 aromatic rings. The van der Waals surface area contributed by atoms with E-state index in [9.17, 15) is 4.79 Å². The summed E-state index contributed by atoms with van der Waals surface area (Å²) in [5.74, 6) is 0.880. The molecule has 1 saturated heterocycles. The molecule has 3 fully saturated rings. The maximum Gasteiger partial charge on any atom is 0.217 e. The lowest BCUT2D eigenvalue weighted by Crippen LogP contribution is -2.52. The molecule has 2 saturated carbocycles. The van der Waals surface area contributed by atoms with E-state index < -0.39 is 0 Å². The average molecular weight is 280 g/mol. The summed E-state index contributed by atoms with van der Waals surface area (Å²) < 4.78 is 6.10. The van der Waals surface area contributed by atoms with E-state index in [1.165, 1.54) is 45.1 Å². The minimum Gasteiger partial charge on any atom is -0.363 e. The van der Waals surface area contributed by atoms with Crippen molar-refractivity contribution in [3.05, 3.63) is 0 Å². The van der Waals surface area contributed by atoms with E-state index in [-0.39, 0.29) is 5.91 Å². The molecule has 0 bridgehead atoms. The molecule has 3 aliphatic rings. The molecule has 3 rings (SSSR count). The Labute approximate surface area is 122 Å². The van der Waals surface area contributed by atoms with Crippen molar-refractivity contribution in [1.29, 1.82) is 0 Å². The molecule has 20 heavy (non-hydrogen) atoms. The van der Waals surface area contributed by atoms with Crippen LogP contribution in [0.2, 0.25) is 0 Å². The lowest BCUT2D eigenvalue weighted by Gasteiger charge is -2.45. The predicted octanol–water partition coefficient (Wildman–Crippen LogP) is 2.28. The summed E-state index contributed by atoms with van der Waals surface area (Å²) in [7, 11) is 0. The molecule has 4 nitrogen and oxygen atoms in total. The van der Waals surface area contributed by atoms with E-state index in [1.807, 2.05) is 0 Å². The van der Waals surface area contributed by atoms with Crippen molar-refractivity contribution >= 4 is 5.91 Å². The van der Waals surface area contributed by atoms with Gasteiger partial charge in [0.2, 0.25) is 5.91 Å². The Kier molecular flexibility index (Phi) is 4.61. The minimum atomic E-state index is 0.111.